The molecule has 0 saturated carbocycles. The van der Waals surface area contributed by atoms with Crippen LogP contribution in [0.1, 0.15) is 26.7 Å². The Balaban J connectivity index is 2.55. The van der Waals surface area contributed by atoms with Crippen LogP contribution in [-0.4, -0.2) is 18.5 Å². The Morgan fingerprint density at radius 1 is 1.50 bits per heavy atom. The summed E-state index contributed by atoms with van der Waals surface area (Å²) in [6, 6.07) is 3.56. The van der Waals surface area contributed by atoms with E-state index >= 15 is 0 Å². The van der Waals surface area contributed by atoms with Crippen LogP contribution in [0.15, 0.2) is 18.2 Å². The molecule has 1 amide bonds. The molecule has 1 rings (SSSR count). The number of amides is 1. The van der Waals surface area contributed by atoms with Gasteiger partial charge in [-0.05, 0) is 31.5 Å². The van der Waals surface area contributed by atoms with E-state index in [0.717, 1.165) is 12.8 Å². The molecule has 0 spiro atoms. The highest BCUT2D eigenvalue weighted by atomic mass is 35.5. The van der Waals surface area contributed by atoms with Crippen molar-refractivity contribution in [3.8, 4) is 0 Å². The van der Waals surface area contributed by atoms with Gasteiger partial charge in [-0.2, -0.15) is 0 Å². The van der Waals surface area contributed by atoms with E-state index in [4.69, 9.17) is 11.6 Å². The summed E-state index contributed by atoms with van der Waals surface area (Å²) in [7, 11) is 0. The molecule has 0 heterocycles. The molecule has 1 aromatic carbocycles. The highest BCUT2D eigenvalue weighted by Crippen LogP contribution is 2.23. The lowest BCUT2D eigenvalue weighted by molar-refractivity contribution is -0.121. The fraction of sp³-hybridized carbons (Fsp3) is 0.462. The summed E-state index contributed by atoms with van der Waals surface area (Å²) >= 11 is 5.91. The van der Waals surface area contributed by atoms with Gasteiger partial charge in [-0.3, -0.25) is 4.79 Å². The lowest BCUT2D eigenvalue weighted by atomic mass is 10.2. The molecular formula is C13H18ClFN2O. The number of rotatable bonds is 6. The van der Waals surface area contributed by atoms with Gasteiger partial charge in [0.2, 0.25) is 5.91 Å². The molecular weight excluding hydrogens is 255 g/mol. The zero-order valence-electron chi connectivity index (χ0n) is 10.6. The van der Waals surface area contributed by atoms with Crippen LogP contribution in [0.5, 0.6) is 0 Å². The molecule has 0 saturated heterocycles. The van der Waals surface area contributed by atoms with Crippen molar-refractivity contribution in [2.45, 2.75) is 32.7 Å². The van der Waals surface area contributed by atoms with Crippen LogP contribution in [0.3, 0.4) is 0 Å². The van der Waals surface area contributed by atoms with Crippen molar-refractivity contribution in [3.05, 3.63) is 29.0 Å². The number of carbonyl (C=O) groups excluding carboxylic acids is 1. The maximum atomic E-state index is 13.0. The Morgan fingerprint density at radius 3 is 2.89 bits per heavy atom. The molecule has 0 aromatic heterocycles. The SMILES string of the molecule is CCCCNC(=O)C(C)Nc1cc(F)ccc1Cl. The number of halogens is 2. The van der Waals surface area contributed by atoms with Crippen molar-refractivity contribution in [1.29, 1.82) is 0 Å². The smallest absolute Gasteiger partial charge is 0.242 e. The number of carbonyl (C=O) groups is 1. The summed E-state index contributed by atoms with van der Waals surface area (Å²) in [5.41, 5.74) is 0.426. The normalized spacial score (nSPS) is 12.0. The molecule has 0 fully saturated rings. The van der Waals surface area contributed by atoms with Crippen LogP contribution in [0.25, 0.3) is 0 Å². The van der Waals surface area contributed by atoms with Gasteiger partial charge in [0, 0.05) is 6.54 Å². The quantitative estimate of drug-likeness (QED) is 0.781. The molecule has 0 aliphatic heterocycles. The second-order valence-electron chi connectivity index (χ2n) is 4.13. The third-order valence-electron chi connectivity index (χ3n) is 2.52. The van der Waals surface area contributed by atoms with Gasteiger partial charge in [-0.1, -0.05) is 24.9 Å². The van der Waals surface area contributed by atoms with Gasteiger partial charge in [0.15, 0.2) is 0 Å². The maximum absolute atomic E-state index is 13.0. The van der Waals surface area contributed by atoms with Crippen LogP contribution in [0.4, 0.5) is 10.1 Å². The Labute approximate surface area is 112 Å². The largest absolute Gasteiger partial charge is 0.373 e. The molecule has 0 aliphatic carbocycles. The molecule has 18 heavy (non-hydrogen) atoms. The third-order valence-corrected chi connectivity index (χ3v) is 2.85. The lowest BCUT2D eigenvalue weighted by Gasteiger charge is -2.16. The second-order valence-corrected chi connectivity index (χ2v) is 4.54. The molecule has 0 aliphatic rings. The number of hydrogen-bond donors (Lipinski definition) is 2. The highest BCUT2D eigenvalue weighted by molar-refractivity contribution is 6.33. The summed E-state index contributed by atoms with van der Waals surface area (Å²) < 4.78 is 13.0. The van der Waals surface area contributed by atoms with Crippen molar-refractivity contribution in [3.63, 3.8) is 0 Å². The summed E-state index contributed by atoms with van der Waals surface area (Å²) in [5.74, 6) is -0.510. The zero-order chi connectivity index (χ0) is 13.5. The Bertz CT molecular complexity index is 412. The van der Waals surface area contributed by atoms with E-state index in [9.17, 15) is 9.18 Å². The Kier molecular flexibility index (Phi) is 5.92. The fourth-order valence-corrected chi connectivity index (χ4v) is 1.62. The lowest BCUT2D eigenvalue weighted by Crippen LogP contribution is -2.38. The average Bonchev–Trinajstić information content (AvgIpc) is 2.34. The minimum absolute atomic E-state index is 0.122. The van der Waals surface area contributed by atoms with E-state index in [1.165, 1.54) is 18.2 Å². The Morgan fingerprint density at radius 2 is 2.22 bits per heavy atom. The van der Waals surface area contributed by atoms with Crippen molar-refractivity contribution in [1.82, 2.24) is 5.32 Å². The van der Waals surface area contributed by atoms with Crippen molar-refractivity contribution < 1.29 is 9.18 Å². The third kappa shape index (κ3) is 4.53. The average molecular weight is 273 g/mol. The van der Waals surface area contributed by atoms with Gasteiger partial charge in [-0.15, -0.1) is 0 Å². The fourth-order valence-electron chi connectivity index (χ4n) is 1.45. The van der Waals surface area contributed by atoms with Crippen molar-refractivity contribution in [2.24, 2.45) is 0 Å². The molecule has 5 heteroatoms. The molecule has 1 aromatic rings. The highest BCUT2D eigenvalue weighted by Gasteiger charge is 2.13. The van der Waals surface area contributed by atoms with Crippen LogP contribution < -0.4 is 10.6 Å². The van der Waals surface area contributed by atoms with E-state index < -0.39 is 6.04 Å². The minimum atomic E-state index is -0.457. The predicted octanol–water partition coefficient (Wildman–Crippen LogP) is 3.20. The standard InChI is InChI=1S/C13H18ClFN2O/c1-3-4-7-16-13(18)9(2)17-12-8-10(15)5-6-11(12)14/h5-6,8-9,17H,3-4,7H2,1-2H3,(H,16,18). The van der Waals surface area contributed by atoms with Crippen LogP contribution in [-0.2, 0) is 4.79 Å². The van der Waals surface area contributed by atoms with E-state index in [2.05, 4.69) is 17.6 Å². The number of nitrogens with one attached hydrogen (secondary N) is 2. The summed E-state index contributed by atoms with van der Waals surface area (Å²) in [6.07, 6.45) is 1.97. The molecule has 1 unspecified atom stereocenters. The molecule has 100 valence electrons. The monoisotopic (exact) mass is 272 g/mol. The minimum Gasteiger partial charge on any atom is -0.373 e. The second kappa shape index (κ2) is 7.21. The van der Waals surface area contributed by atoms with Gasteiger partial charge < -0.3 is 10.6 Å². The number of unbranched alkanes of at least 4 members (excludes halogenated alkanes) is 1. The molecule has 2 N–H and O–H groups in total. The van der Waals surface area contributed by atoms with Gasteiger partial charge in [0.25, 0.3) is 0 Å². The van der Waals surface area contributed by atoms with Gasteiger partial charge in [-0.25, -0.2) is 4.39 Å². The van der Waals surface area contributed by atoms with Crippen LogP contribution in [0.2, 0.25) is 5.02 Å². The van der Waals surface area contributed by atoms with E-state index in [1.807, 2.05) is 0 Å². The first kappa shape index (κ1) is 14.8. The number of benzene rings is 1. The van der Waals surface area contributed by atoms with Crippen molar-refractivity contribution in [2.75, 3.05) is 11.9 Å². The first-order chi connectivity index (χ1) is 8.54. The number of hydrogen-bond acceptors (Lipinski definition) is 2. The Hall–Kier alpha value is -1.29. The van der Waals surface area contributed by atoms with E-state index in [1.54, 1.807) is 6.92 Å². The first-order valence-corrected chi connectivity index (χ1v) is 6.41. The van der Waals surface area contributed by atoms with E-state index in [0.29, 0.717) is 17.3 Å². The summed E-state index contributed by atoms with van der Waals surface area (Å²) in [5, 5.41) is 6.09. The van der Waals surface area contributed by atoms with Crippen molar-refractivity contribution >= 4 is 23.2 Å². The number of anilines is 1. The van der Waals surface area contributed by atoms with Gasteiger partial charge in [0.1, 0.15) is 11.9 Å². The molecule has 0 radical (unpaired) electrons. The molecule has 3 nitrogen and oxygen atoms in total. The van der Waals surface area contributed by atoms with Crippen LogP contribution >= 0.6 is 11.6 Å². The molecule has 1 atom stereocenters. The first-order valence-electron chi connectivity index (χ1n) is 6.04. The van der Waals surface area contributed by atoms with Crippen LogP contribution in [0, 0.1) is 5.82 Å². The maximum Gasteiger partial charge on any atom is 0.242 e. The van der Waals surface area contributed by atoms with Gasteiger partial charge in [0.05, 0.1) is 10.7 Å². The predicted molar refractivity (Wildman–Crippen MR) is 72.4 cm³/mol. The van der Waals surface area contributed by atoms with Gasteiger partial charge >= 0.3 is 0 Å². The van der Waals surface area contributed by atoms with E-state index in [-0.39, 0.29) is 11.7 Å². The summed E-state index contributed by atoms with van der Waals surface area (Å²) in [6.45, 7) is 4.42. The molecule has 0 bridgehead atoms. The summed E-state index contributed by atoms with van der Waals surface area (Å²) in [4.78, 5) is 11.7. The zero-order valence-corrected chi connectivity index (χ0v) is 11.4. The topological polar surface area (TPSA) is 41.1 Å².